The second-order valence-electron chi connectivity index (χ2n) is 5.54. The van der Waals surface area contributed by atoms with Crippen molar-refractivity contribution in [1.29, 1.82) is 0 Å². The fourth-order valence-corrected chi connectivity index (χ4v) is 3.15. The van der Waals surface area contributed by atoms with Crippen LogP contribution in [-0.2, 0) is 12.5 Å². The van der Waals surface area contributed by atoms with Crippen LogP contribution in [0.5, 0.6) is 0 Å². The van der Waals surface area contributed by atoms with Crippen molar-refractivity contribution in [3.05, 3.63) is 29.8 Å². The minimum Gasteiger partial charge on any atom is -0.331 e. The van der Waals surface area contributed by atoms with Crippen LogP contribution in [-0.4, -0.2) is 15.6 Å². The van der Waals surface area contributed by atoms with E-state index < -0.39 is 0 Å². The van der Waals surface area contributed by atoms with E-state index in [0.717, 1.165) is 30.6 Å². The first kappa shape index (κ1) is 11.7. The van der Waals surface area contributed by atoms with Gasteiger partial charge >= 0.3 is 0 Å². The first-order chi connectivity index (χ1) is 8.52. The molecule has 0 saturated heterocycles. The molecule has 1 heterocycles. The summed E-state index contributed by atoms with van der Waals surface area (Å²) < 4.78 is 15.3. The maximum Gasteiger partial charge on any atom is 0.125 e. The monoisotopic (exact) mass is 247 g/mol. The molecule has 3 rings (SSSR count). The lowest BCUT2D eigenvalue weighted by Gasteiger charge is -2.28. The smallest absolute Gasteiger partial charge is 0.125 e. The Hall–Kier alpha value is -1.42. The van der Waals surface area contributed by atoms with Crippen LogP contribution in [0.15, 0.2) is 18.2 Å². The molecule has 1 aromatic carbocycles. The molecule has 18 heavy (non-hydrogen) atoms. The van der Waals surface area contributed by atoms with Crippen molar-refractivity contribution in [2.75, 3.05) is 0 Å². The highest BCUT2D eigenvalue weighted by Crippen LogP contribution is 2.40. The molecule has 0 spiro atoms. The molecule has 1 aromatic heterocycles. The van der Waals surface area contributed by atoms with E-state index in [1.165, 1.54) is 12.1 Å². The highest BCUT2D eigenvalue weighted by atomic mass is 19.1. The topological polar surface area (TPSA) is 43.8 Å². The van der Waals surface area contributed by atoms with Crippen molar-refractivity contribution >= 4 is 11.0 Å². The molecule has 0 amide bonds. The molecule has 2 aromatic rings. The Morgan fingerprint density at radius 2 is 2.28 bits per heavy atom. The molecule has 3 nitrogen and oxygen atoms in total. The highest BCUT2D eigenvalue weighted by molar-refractivity contribution is 5.76. The van der Waals surface area contributed by atoms with Crippen LogP contribution in [0.2, 0.25) is 0 Å². The summed E-state index contributed by atoms with van der Waals surface area (Å²) in [6, 6.07) is 4.89. The number of aryl methyl sites for hydroxylation is 1. The summed E-state index contributed by atoms with van der Waals surface area (Å²) in [7, 11) is 1.98. The van der Waals surface area contributed by atoms with E-state index in [-0.39, 0.29) is 17.3 Å². The van der Waals surface area contributed by atoms with Gasteiger partial charge in [0.2, 0.25) is 0 Å². The van der Waals surface area contributed by atoms with Crippen molar-refractivity contribution < 1.29 is 4.39 Å². The molecule has 2 atom stereocenters. The van der Waals surface area contributed by atoms with Gasteiger partial charge in [-0.15, -0.1) is 0 Å². The number of rotatable bonds is 1. The van der Waals surface area contributed by atoms with Crippen LogP contribution >= 0.6 is 0 Å². The van der Waals surface area contributed by atoms with Gasteiger partial charge in [0, 0.05) is 24.6 Å². The summed E-state index contributed by atoms with van der Waals surface area (Å²) in [6.07, 6.45) is 3.22. The van der Waals surface area contributed by atoms with Crippen molar-refractivity contribution in [2.45, 2.75) is 37.6 Å². The Labute approximate surface area is 106 Å². The standard InChI is InChI=1S/C14H18FN3/c1-14(7-3-4-12(14)16)13-17-10-8-9(15)5-6-11(10)18(13)2/h5-6,8,12H,3-4,7,16H2,1-2H3. The Morgan fingerprint density at radius 3 is 2.94 bits per heavy atom. The SMILES string of the molecule is Cn1c(C2(C)CCCC2N)nc2cc(F)ccc21. The van der Waals surface area contributed by atoms with Crippen molar-refractivity contribution in [3.8, 4) is 0 Å². The average molecular weight is 247 g/mol. The molecule has 0 bridgehead atoms. The van der Waals surface area contributed by atoms with Crippen molar-refractivity contribution in [3.63, 3.8) is 0 Å². The Balaban J connectivity index is 2.21. The van der Waals surface area contributed by atoms with Crippen molar-refractivity contribution in [2.24, 2.45) is 12.8 Å². The zero-order valence-electron chi connectivity index (χ0n) is 10.8. The van der Waals surface area contributed by atoms with Gasteiger partial charge in [-0.2, -0.15) is 0 Å². The maximum absolute atomic E-state index is 13.3. The lowest BCUT2D eigenvalue weighted by Crippen LogP contribution is -2.40. The molecule has 1 aliphatic rings. The minimum atomic E-state index is -0.243. The molecule has 2 N–H and O–H groups in total. The van der Waals surface area contributed by atoms with Gasteiger partial charge < -0.3 is 10.3 Å². The average Bonchev–Trinajstić information content (AvgIpc) is 2.82. The predicted octanol–water partition coefficient (Wildman–Crippen LogP) is 2.48. The number of benzene rings is 1. The number of hydrogen-bond acceptors (Lipinski definition) is 2. The largest absolute Gasteiger partial charge is 0.331 e. The second kappa shape index (κ2) is 3.79. The van der Waals surface area contributed by atoms with E-state index in [1.807, 2.05) is 7.05 Å². The van der Waals surface area contributed by atoms with Crippen molar-refractivity contribution in [1.82, 2.24) is 9.55 Å². The van der Waals surface area contributed by atoms with Crippen LogP contribution in [0.25, 0.3) is 11.0 Å². The van der Waals surface area contributed by atoms with E-state index in [1.54, 1.807) is 6.07 Å². The molecule has 96 valence electrons. The van der Waals surface area contributed by atoms with Gasteiger partial charge in [-0.1, -0.05) is 13.3 Å². The molecular weight excluding hydrogens is 229 g/mol. The predicted molar refractivity (Wildman–Crippen MR) is 69.9 cm³/mol. The van der Waals surface area contributed by atoms with Gasteiger partial charge in [-0.25, -0.2) is 9.37 Å². The van der Waals surface area contributed by atoms with Gasteiger partial charge in [0.05, 0.1) is 11.0 Å². The fourth-order valence-electron chi connectivity index (χ4n) is 3.15. The van der Waals surface area contributed by atoms with Crippen LogP contribution < -0.4 is 5.73 Å². The van der Waals surface area contributed by atoms with Gasteiger partial charge in [0.25, 0.3) is 0 Å². The Morgan fingerprint density at radius 1 is 1.50 bits per heavy atom. The number of fused-ring (bicyclic) bond motifs is 1. The summed E-state index contributed by atoms with van der Waals surface area (Å²) in [5.74, 6) is 0.737. The number of halogens is 1. The number of nitrogens with zero attached hydrogens (tertiary/aromatic N) is 2. The van der Waals surface area contributed by atoms with E-state index >= 15 is 0 Å². The van der Waals surface area contributed by atoms with Gasteiger partial charge in [-0.05, 0) is 25.0 Å². The molecule has 2 unspecified atom stereocenters. The summed E-state index contributed by atoms with van der Waals surface area (Å²) >= 11 is 0. The first-order valence-electron chi connectivity index (χ1n) is 6.40. The first-order valence-corrected chi connectivity index (χ1v) is 6.40. The zero-order chi connectivity index (χ0) is 12.9. The van der Waals surface area contributed by atoms with Crippen LogP contribution in [0.4, 0.5) is 4.39 Å². The molecule has 0 aliphatic heterocycles. The molecule has 1 fully saturated rings. The number of hydrogen-bond donors (Lipinski definition) is 1. The quantitative estimate of drug-likeness (QED) is 0.841. The Bertz CT molecular complexity index is 604. The molecule has 1 saturated carbocycles. The molecule has 1 aliphatic carbocycles. The second-order valence-corrected chi connectivity index (χ2v) is 5.54. The third-order valence-electron chi connectivity index (χ3n) is 4.38. The highest BCUT2D eigenvalue weighted by Gasteiger charge is 2.41. The Kier molecular flexibility index (Phi) is 2.45. The normalized spacial score (nSPS) is 28.1. The van der Waals surface area contributed by atoms with E-state index in [4.69, 9.17) is 5.73 Å². The van der Waals surface area contributed by atoms with Crippen LogP contribution in [0, 0.1) is 5.82 Å². The van der Waals surface area contributed by atoms with Crippen LogP contribution in [0.3, 0.4) is 0 Å². The lowest BCUT2D eigenvalue weighted by molar-refractivity contribution is 0.395. The van der Waals surface area contributed by atoms with Gasteiger partial charge in [0.1, 0.15) is 11.6 Å². The fraction of sp³-hybridized carbons (Fsp3) is 0.500. The van der Waals surface area contributed by atoms with Gasteiger partial charge in [-0.3, -0.25) is 0 Å². The molecule has 0 radical (unpaired) electrons. The summed E-state index contributed by atoms with van der Waals surface area (Å²) in [5.41, 5.74) is 7.83. The van der Waals surface area contributed by atoms with Gasteiger partial charge in [0.15, 0.2) is 0 Å². The third kappa shape index (κ3) is 1.48. The molecule has 4 heteroatoms. The number of imidazole rings is 1. The number of aromatic nitrogens is 2. The minimum absolute atomic E-state index is 0.0930. The maximum atomic E-state index is 13.3. The van der Waals surface area contributed by atoms with E-state index in [2.05, 4.69) is 16.5 Å². The summed E-state index contributed by atoms with van der Waals surface area (Å²) in [5, 5.41) is 0. The van der Waals surface area contributed by atoms with Crippen LogP contribution in [0.1, 0.15) is 32.0 Å². The molecular formula is C14H18FN3. The number of nitrogens with two attached hydrogens (primary N) is 1. The van der Waals surface area contributed by atoms with E-state index in [0.29, 0.717) is 5.52 Å². The lowest BCUT2D eigenvalue weighted by atomic mass is 9.84. The third-order valence-corrected chi connectivity index (χ3v) is 4.38. The summed E-state index contributed by atoms with van der Waals surface area (Å²) in [4.78, 5) is 4.62. The van der Waals surface area contributed by atoms with E-state index in [9.17, 15) is 4.39 Å². The summed E-state index contributed by atoms with van der Waals surface area (Å²) in [6.45, 7) is 2.17. The zero-order valence-corrected chi connectivity index (χ0v) is 10.8.